The van der Waals surface area contributed by atoms with Gasteiger partial charge < -0.3 is 0 Å². The van der Waals surface area contributed by atoms with Crippen LogP contribution >= 0.6 is 0 Å². The molecule has 0 aromatic heterocycles. The van der Waals surface area contributed by atoms with Crippen molar-refractivity contribution in [3.05, 3.63) is 40.6 Å². The summed E-state index contributed by atoms with van der Waals surface area (Å²) in [6.45, 7) is 10.5. The predicted octanol–water partition coefficient (Wildman–Crippen LogP) is 3.46. The number of hydrogen-bond acceptors (Lipinski definition) is 2. The van der Waals surface area contributed by atoms with E-state index in [4.69, 9.17) is 0 Å². The zero-order valence-electron chi connectivity index (χ0n) is 15.1. The van der Waals surface area contributed by atoms with Crippen molar-refractivity contribution in [1.82, 2.24) is 9.80 Å². The first-order valence-electron chi connectivity index (χ1n) is 8.35. The Balaban J connectivity index is 3.02. The van der Waals surface area contributed by atoms with Crippen LogP contribution < -0.4 is 0 Å². The molecule has 0 spiro atoms. The molecule has 0 N–H and O–H groups in total. The van der Waals surface area contributed by atoms with Crippen LogP contribution in [0.4, 0.5) is 14.0 Å². The van der Waals surface area contributed by atoms with E-state index in [1.54, 1.807) is 21.9 Å². The van der Waals surface area contributed by atoms with Crippen LogP contribution in [0.15, 0.2) is 29.2 Å². The molecule has 0 saturated carbocycles. The van der Waals surface area contributed by atoms with Gasteiger partial charge in [-0.25, -0.2) is 0 Å². The van der Waals surface area contributed by atoms with Gasteiger partial charge in [0.05, 0.1) is 0 Å². The van der Waals surface area contributed by atoms with Gasteiger partial charge >= 0.3 is 162 Å². The summed E-state index contributed by atoms with van der Waals surface area (Å²) >= 11 is -0.809. The second kappa shape index (κ2) is 11.5. The zero-order valence-corrected chi connectivity index (χ0v) is 18.5. The second-order valence-electron chi connectivity index (χ2n) is 5.09. The van der Waals surface area contributed by atoms with Crippen LogP contribution in [-0.4, -0.2) is 75.5 Å². The fourth-order valence-corrected chi connectivity index (χ4v) is 6.53. The third kappa shape index (κ3) is 6.95. The molecule has 0 aliphatic rings. The molecule has 0 aliphatic heterocycles. The van der Waals surface area contributed by atoms with Crippen LogP contribution in [0.3, 0.4) is 0 Å². The van der Waals surface area contributed by atoms with E-state index in [-0.39, 0.29) is 30.4 Å². The molecule has 0 aliphatic carbocycles. The topological polar surface area (TPSA) is 40.6 Å². The van der Waals surface area contributed by atoms with Gasteiger partial charge in [0.1, 0.15) is 0 Å². The summed E-state index contributed by atoms with van der Waals surface area (Å²) in [6, 6.07) is 6.13. The Labute approximate surface area is 162 Å². The number of rotatable bonds is 9. The Hall–Kier alpha value is -1.13. The normalized spacial score (nSPS) is 11.3. The molecule has 0 fully saturated rings. The summed E-state index contributed by atoms with van der Waals surface area (Å²) in [4.78, 5) is 30.4. The molecular weight excluding hydrogens is 453 g/mol. The first-order valence-corrected chi connectivity index (χ1v) is 11.9. The first kappa shape index (κ1) is 21.9. The SMILES string of the molecule is CCN(CC)C(=O)[Se]/C=C(/[Se]C(=O)N(CC)CC)c1ccc(F)cc1. The second-order valence-corrected chi connectivity index (χ2v) is 8.89. The summed E-state index contributed by atoms with van der Waals surface area (Å²) in [7, 11) is 0. The molecule has 0 saturated heterocycles. The summed E-state index contributed by atoms with van der Waals surface area (Å²) < 4.78 is 14.1. The molecule has 0 radical (unpaired) electrons. The van der Waals surface area contributed by atoms with E-state index in [1.165, 1.54) is 12.1 Å². The van der Waals surface area contributed by atoms with E-state index in [0.717, 1.165) is 10.0 Å². The van der Waals surface area contributed by atoms with E-state index in [2.05, 4.69) is 0 Å². The van der Waals surface area contributed by atoms with E-state index in [9.17, 15) is 14.0 Å². The molecule has 4 nitrogen and oxygen atoms in total. The number of nitrogens with zero attached hydrogens (tertiary/aromatic N) is 2. The molecular formula is C18H25FN2O2Se2. The zero-order chi connectivity index (χ0) is 18.8. The molecule has 0 bridgehead atoms. The maximum absolute atomic E-state index is 13.2. The summed E-state index contributed by atoms with van der Waals surface area (Å²) in [6.07, 6.45) is 0. The number of halogens is 1. The summed E-state index contributed by atoms with van der Waals surface area (Å²) in [5.41, 5.74) is 0.816. The number of carbonyl (C=O) groups is 2. The van der Waals surface area contributed by atoms with Gasteiger partial charge in [0.2, 0.25) is 0 Å². The minimum absolute atomic E-state index is 0.0826. The van der Waals surface area contributed by atoms with Gasteiger partial charge in [-0.1, -0.05) is 0 Å². The molecule has 138 valence electrons. The Morgan fingerprint density at radius 1 is 0.920 bits per heavy atom. The first-order chi connectivity index (χ1) is 12.0. The van der Waals surface area contributed by atoms with Crippen LogP contribution in [0.25, 0.3) is 4.47 Å². The van der Waals surface area contributed by atoms with E-state index < -0.39 is 15.0 Å². The van der Waals surface area contributed by atoms with Gasteiger partial charge in [0, 0.05) is 0 Å². The number of benzene rings is 1. The van der Waals surface area contributed by atoms with Gasteiger partial charge in [-0.3, -0.25) is 0 Å². The van der Waals surface area contributed by atoms with E-state index in [1.807, 2.05) is 32.7 Å². The van der Waals surface area contributed by atoms with Crippen molar-refractivity contribution in [3.8, 4) is 0 Å². The average molecular weight is 478 g/mol. The van der Waals surface area contributed by atoms with Crippen LogP contribution in [0.5, 0.6) is 0 Å². The average Bonchev–Trinajstić information content (AvgIpc) is 2.61. The third-order valence-electron chi connectivity index (χ3n) is 3.64. The number of carbonyl (C=O) groups excluding carboxylic acids is 2. The fraction of sp³-hybridized carbons (Fsp3) is 0.444. The van der Waals surface area contributed by atoms with Crippen molar-refractivity contribution in [2.45, 2.75) is 27.7 Å². The Morgan fingerprint density at radius 2 is 1.40 bits per heavy atom. The van der Waals surface area contributed by atoms with Gasteiger partial charge in [0.15, 0.2) is 0 Å². The monoisotopic (exact) mass is 480 g/mol. The fourth-order valence-electron chi connectivity index (χ4n) is 2.07. The Bertz CT molecular complexity index is 598. The van der Waals surface area contributed by atoms with Crippen molar-refractivity contribution >= 4 is 44.0 Å². The van der Waals surface area contributed by atoms with E-state index in [0.29, 0.717) is 26.2 Å². The molecule has 0 heterocycles. The number of hydrogen-bond donors (Lipinski definition) is 0. The number of amides is 2. The summed E-state index contributed by atoms with van der Waals surface area (Å²) in [5, 5.41) is 0. The molecule has 1 aromatic carbocycles. The van der Waals surface area contributed by atoms with Gasteiger partial charge in [-0.15, -0.1) is 0 Å². The van der Waals surface area contributed by atoms with Crippen molar-refractivity contribution in [3.63, 3.8) is 0 Å². The van der Waals surface area contributed by atoms with Gasteiger partial charge in [-0.2, -0.15) is 0 Å². The minimum atomic E-state index is -0.435. The van der Waals surface area contributed by atoms with Crippen molar-refractivity contribution in [2.75, 3.05) is 26.2 Å². The Kier molecular flexibility index (Phi) is 10.1. The van der Waals surface area contributed by atoms with Crippen molar-refractivity contribution < 1.29 is 14.0 Å². The molecule has 1 aromatic rings. The molecule has 25 heavy (non-hydrogen) atoms. The Morgan fingerprint density at radius 3 is 1.88 bits per heavy atom. The predicted molar refractivity (Wildman–Crippen MR) is 103 cm³/mol. The quantitative estimate of drug-likeness (QED) is 0.511. The molecule has 2 amide bonds. The van der Waals surface area contributed by atoms with Gasteiger partial charge in [0.25, 0.3) is 0 Å². The van der Waals surface area contributed by atoms with Crippen molar-refractivity contribution in [1.29, 1.82) is 0 Å². The van der Waals surface area contributed by atoms with E-state index >= 15 is 0 Å². The van der Waals surface area contributed by atoms with Gasteiger partial charge in [-0.05, 0) is 0 Å². The molecule has 7 heteroatoms. The third-order valence-corrected chi connectivity index (χ3v) is 8.21. The summed E-state index contributed by atoms with van der Waals surface area (Å²) in [5.74, 6) is -0.310. The van der Waals surface area contributed by atoms with Crippen LogP contribution in [0, 0.1) is 5.82 Å². The van der Waals surface area contributed by atoms with Crippen LogP contribution in [-0.2, 0) is 0 Å². The van der Waals surface area contributed by atoms with Crippen LogP contribution in [0.2, 0.25) is 0 Å². The molecule has 1 rings (SSSR count). The molecule has 0 unspecified atom stereocenters. The molecule has 0 atom stereocenters. The standard InChI is InChI=1S/C18H25FN2O2Se2/c1-5-20(6-2)17(22)24-13-16(14-9-11-15(19)12-10-14)25-18(23)21(7-3)8-4/h9-13H,5-8H2,1-4H3/b16-13+. The van der Waals surface area contributed by atoms with Crippen LogP contribution in [0.1, 0.15) is 33.3 Å². The van der Waals surface area contributed by atoms with Crippen molar-refractivity contribution in [2.24, 2.45) is 0 Å². The maximum atomic E-state index is 13.2.